The number of unbranched alkanes of at least 4 members (excludes halogenated alkanes) is 2. The molecule has 0 unspecified atom stereocenters. The van der Waals surface area contributed by atoms with E-state index >= 15 is 0 Å². The first-order valence-corrected chi connectivity index (χ1v) is 25.4. The van der Waals surface area contributed by atoms with Crippen LogP contribution in [-0.4, -0.2) is 115 Å². The van der Waals surface area contributed by atoms with E-state index in [2.05, 4.69) is 24.1 Å². The number of ether oxygens (including phenoxy) is 2. The van der Waals surface area contributed by atoms with Gasteiger partial charge in [0.25, 0.3) is 0 Å². The summed E-state index contributed by atoms with van der Waals surface area (Å²) in [6, 6.07) is 9.29. The molecule has 0 aliphatic carbocycles. The Kier molecular flexibility index (Phi) is 23.9. The molecule has 13 nitrogen and oxygen atoms in total. The van der Waals surface area contributed by atoms with Crippen molar-refractivity contribution in [1.29, 1.82) is 0 Å². The molecule has 10 atom stereocenters. The maximum atomic E-state index is 14.4. The predicted octanol–water partition coefficient (Wildman–Crippen LogP) is 7.62. The Morgan fingerprint density at radius 1 is 0.955 bits per heavy atom. The van der Waals surface area contributed by atoms with Crippen molar-refractivity contribution in [3.8, 4) is 0 Å². The third-order valence-corrected chi connectivity index (χ3v) is 14.9. The van der Waals surface area contributed by atoms with E-state index in [-0.39, 0.29) is 72.2 Å². The first kappa shape index (κ1) is 57.4. The molecule has 1 aromatic carbocycles. The van der Waals surface area contributed by atoms with Crippen molar-refractivity contribution < 1.29 is 38.2 Å². The maximum absolute atomic E-state index is 14.4. The van der Waals surface area contributed by atoms with Crippen molar-refractivity contribution in [2.24, 2.45) is 41.2 Å². The highest BCUT2D eigenvalue weighted by Crippen LogP contribution is 2.32. The minimum Gasteiger partial charge on any atom is -0.386 e. The molecule has 4 N–H and O–H groups in total. The highest BCUT2D eigenvalue weighted by molar-refractivity contribution is 5.92. The molecule has 13 heteroatoms. The molecule has 2 saturated heterocycles. The van der Waals surface area contributed by atoms with Crippen LogP contribution in [0.2, 0.25) is 0 Å². The average Bonchev–Trinajstić information content (AvgIpc) is 3.90. The number of Topliss-reactive ketones (excluding diaryl/α,β-unsaturated/α-hetero) is 3. The van der Waals surface area contributed by atoms with E-state index in [1.807, 2.05) is 65.0 Å². The molecule has 67 heavy (non-hydrogen) atoms. The summed E-state index contributed by atoms with van der Waals surface area (Å²) in [5.74, 6) is -2.01. The van der Waals surface area contributed by atoms with Gasteiger partial charge in [-0.2, -0.15) is 0 Å². The lowest BCUT2D eigenvalue weighted by Gasteiger charge is -2.41. The molecule has 2 aliphatic heterocycles. The largest absolute Gasteiger partial charge is 0.386 e. The van der Waals surface area contributed by atoms with Gasteiger partial charge in [-0.15, -0.1) is 0 Å². The summed E-state index contributed by atoms with van der Waals surface area (Å²) < 4.78 is 12.1. The van der Waals surface area contributed by atoms with E-state index in [9.17, 15) is 28.8 Å². The number of hydrogen-bond acceptors (Lipinski definition) is 10. The van der Waals surface area contributed by atoms with Crippen LogP contribution in [0.25, 0.3) is 0 Å². The van der Waals surface area contributed by atoms with Gasteiger partial charge in [-0.05, 0) is 89.0 Å². The summed E-state index contributed by atoms with van der Waals surface area (Å²) in [4.78, 5) is 85.8. The molecule has 378 valence electrons. The molecule has 2 aliphatic rings. The van der Waals surface area contributed by atoms with Crippen molar-refractivity contribution in [1.82, 2.24) is 20.4 Å². The van der Waals surface area contributed by atoms with Crippen molar-refractivity contribution in [2.75, 3.05) is 34.4 Å². The van der Waals surface area contributed by atoms with Gasteiger partial charge < -0.3 is 35.6 Å². The van der Waals surface area contributed by atoms with Crippen LogP contribution in [-0.2, 0) is 44.7 Å². The molecule has 2 heterocycles. The summed E-state index contributed by atoms with van der Waals surface area (Å²) in [7, 11) is 4.86. The Bertz CT molecular complexity index is 1760. The fraction of sp³-hybridized carbons (Fsp3) is 0.741. The molecule has 3 amide bonds. The van der Waals surface area contributed by atoms with Crippen LogP contribution in [0.1, 0.15) is 151 Å². The summed E-state index contributed by atoms with van der Waals surface area (Å²) >= 11 is 0. The normalized spacial score (nSPS) is 20.6. The summed E-state index contributed by atoms with van der Waals surface area (Å²) in [5, 5.41) is 6.44. The minimum atomic E-state index is -1.07. The Labute approximate surface area is 403 Å². The first-order valence-electron chi connectivity index (χ1n) is 25.4. The van der Waals surface area contributed by atoms with Crippen molar-refractivity contribution >= 4 is 35.1 Å². The third kappa shape index (κ3) is 17.5. The van der Waals surface area contributed by atoms with E-state index in [4.69, 9.17) is 15.2 Å². The lowest BCUT2D eigenvalue weighted by molar-refractivity contribution is -0.149. The maximum Gasteiger partial charge on any atom is 0.226 e. The second kappa shape index (κ2) is 27.9. The van der Waals surface area contributed by atoms with Gasteiger partial charge in [-0.25, -0.2) is 0 Å². The minimum absolute atomic E-state index is 0.000393. The summed E-state index contributed by atoms with van der Waals surface area (Å²) in [6.07, 6.45) is 7.96. The first-order chi connectivity index (χ1) is 31.6. The second-order valence-corrected chi connectivity index (χ2v) is 20.9. The van der Waals surface area contributed by atoms with E-state index in [1.165, 1.54) is 0 Å². The number of likely N-dealkylation sites (tertiary alicyclic amines) is 1. The lowest BCUT2D eigenvalue weighted by atomic mass is 9.83. The number of nitrogens with two attached hydrogens (primary N) is 1. The zero-order chi connectivity index (χ0) is 50.0. The number of ketones is 3. The molecule has 3 rings (SSSR count). The highest BCUT2D eigenvalue weighted by Gasteiger charge is 2.43. The van der Waals surface area contributed by atoms with Gasteiger partial charge in [0.15, 0.2) is 5.78 Å². The topological polar surface area (TPSA) is 177 Å². The van der Waals surface area contributed by atoms with Crippen LogP contribution in [0.15, 0.2) is 42.6 Å². The van der Waals surface area contributed by atoms with E-state index in [0.717, 1.165) is 56.2 Å². The quantitative estimate of drug-likeness (QED) is 0.0628. The van der Waals surface area contributed by atoms with Crippen LogP contribution < -0.4 is 16.4 Å². The number of benzene rings is 1. The standard InChI is InChI=1S/C54H89N5O8/c1-13-36(4)50(58(10)53(65)44(35(2)3)33-48(62)54(8,9)55)47(66-11)34-49(63)59-29-21-27-45(59)51(67-12)38(6)46(61)32-42(31-40-22-16-14-17-23-40)52(64)56-28-20-26-43(60)25-19-15-18-24-41-30-37(5)57-39(41)7/h14,16-17,22-23,35-36,38-39,41-42,44-45,47,50-51,57H,5,13,15,18-21,24-34,55H2,1-4,6-12H3,(H,56,64)/t36-,38-,39+,41+,42+,44-,45-,47+,50-,51+/m0/s1. The predicted molar refractivity (Wildman–Crippen MR) is 266 cm³/mol. The van der Waals surface area contributed by atoms with Gasteiger partial charge in [0.1, 0.15) is 11.6 Å². The van der Waals surface area contributed by atoms with E-state index in [0.29, 0.717) is 57.2 Å². The molecule has 0 bridgehead atoms. The fourth-order valence-electron chi connectivity index (χ4n) is 10.3. The van der Waals surface area contributed by atoms with Gasteiger partial charge in [0, 0.05) is 89.5 Å². The Balaban J connectivity index is 1.65. The van der Waals surface area contributed by atoms with Crippen LogP contribution in [0, 0.1) is 35.5 Å². The molecular formula is C54H89N5O8. The number of nitrogens with one attached hydrogen (secondary N) is 2. The highest BCUT2D eigenvalue weighted by atomic mass is 16.5. The van der Waals surface area contributed by atoms with Crippen LogP contribution >= 0.6 is 0 Å². The van der Waals surface area contributed by atoms with Gasteiger partial charge in [0.05, 0.1) is 36.3 Å². The number of amides is 3. The Morgan fingerprint density at radius 2 is 1.63 bits per heavy atom. The van der Waals surface area contributed by atoms with Gasteiger partial charge >= 0.3 is 0 Å². The number of nitrogens with zero attached hydrogens (tertiary/aromatic N) is 2. The third-order valence-electron chi connectivity index (χ3n) is 14.9. The lowest BCUT2D eigenvalue weighted by Crippen LogP contribution is -2.54. The van der Waals surface area contributed by atoms with Crippen molar-refractivity contribution in [3.63, 3.8) is 0 Å². The molecule has 1 aromatic rings. The van der Waals surface area contributed by atoms with Crippen molar-refractivity contribution in [2.45, 2.75) is 188 Å². The average molecular weight is 936 g/mol. The molecule has 0 saturated carbocycles. The number of likely N-dealkylation sites (N-methyl/N-ethyl adjacent to an activating group) is 1. The number of allylic oxidation sites excluding steroid dienone is 1. The van der Waals surface area contributed by atoms with Crippen LogP contribution in [0.3, 0.4) is 0 Å². The molecule has 0 aromatic heterocycles. The van der Waals surface area contributed by atoms with E-state index < -0.39 is 41.5 Å². The van der Waals surface area contributed by atoms with Gasteiger partial charge in [-0.1, -0.05) is 90.8 Å². The second-order valence-electron chi connectivity index (χ2n) is 20.9. The molecule has 0 radical (unpaired) electrons. The van der Waals surface area contributed by atoms with E-state index in [1.54, 1.807) is 44.9 Å². The summed E-state index contributed by atoms with van der Waals surface area (Å²) in [5.41, 5.74) is 7.12. The van der Waals surface area contributed by atoms with Gasteiger partial charge in [-0.3, -0.25) is 28.8 Å². The number of carbonyl (C=O) groups is 6. The SMILES string of the molecule is C=C1C[C@@H](CCCCCC(=O)CCCNC(=O)[C@@H](CC(=O)[C@H](C)[C@@H](OC)[C@@H]2CCCN2C(=O)C[C@@H](OC)[C@H]([C@@H](C)CC)N(C)C(=O)[C@@H](CC(=O)C(C)(C)N)C(C)C)Cc2ccccc2)[C@@H](C)N1. The zero-order valence-electron chi connectivity index (χ0n) is 43.2. The number of methoxy groups -OCH3 is 2. The fourth-order valence-corrected chi connectivity index (χ4v) is 10.3. The molecular weight excluding hydrogens is 847 g/mol. The molecule has 0 spiro atoms. The van der Waals surface area contributed by atoms with Crippen LogP contribution in [0.5, 0.6) is 0 Å². The smallest absolute Gasteiger partial charge is 0.226 e. The van der Waals surface area contributed by atoms with Gasteiger partial charge in [0.2, 0.25) is 17.7 Å². The number of carbonyl (C=O) groups excluding carboxylic acids is 6. The summed E-state index contributed by atoms with van der Waals surface area (Å²) in [6.45, 7) is 20.2. The molecule has 2 fully saturated rings. The Morgan fingerprint density at radius 3 is 2.21 bits per heavy atom. The Hall–Kier alpha value is -3.94. The zero-order valence-corrected chi connectivity index (χ0v) is 43.2. The number of hydrogen-bond donors (Lipinski definition) is 3. The monoisotopic (exact) mass is 936 g/mol. The van der Waals surface area contributed by atoms with Crippen LogP contribution in [0.4, 0.5) is 0 Å². The van der Waals surface area contributed by atoms with Crippen molar-refractivity contribution in [3.05, 3.63) is 48.2 Å². The number of rotatable bonds is 31.